The van der Waals surface area contributed by atoms with Gasteiger partial charge in [-0.25, -0.2) is 10.9 Å². The number of hydrogen-bond donors (Lipinski definition) is 6. The molecule has 8 unspecified atom stereocenters. The van der Waals surface area contributed by atoms with Crippen molar-refractivity contribution in [1.29, 1.82) is 0 Å². The largest absolute Gasteiger partial charge is 0.390 e. The summed E-state index contributed by atoms with van der Waals surface area (Å²) in [6.07, 6.45) is 9.92. The Morgan fingerprint density at radius 2 is 1.84 bits per heavy atom. The lowest BCUT2D eigenvalue weighted by atomic mass is 9.72. The van der Waals surface area contributed by atoms with Crippen molar-refractivity contribution in [2.45, 2.75) is 158 Å². The van der Waals surface area contributed by atoms with Gasteiger partial charge in [0.1, 0.15) is 0 Å². The minimum Gasteiger partial charge on any atom is -0.390 e. The van der Waals surface area contributed by atoms with E-state index in [9.17, 15) is 19.8 Å². The number of rotatable bonds is 11. The molecule has 0 spiro atoms. The first-order valence-corrected chi connectivity index (χ1v) is 17.7. The molecule has 11 nitrogen and oxygen atoms in total. The van der Waals surface area contributed by atoms with Crippen LogP contribution in [0.1, 0.15) is 104 Å². The fraction of sp³-hybridized carbons (Fsp3) is 0.906. The molecule has 3 saturated carbocycles. The summed E-state index contributed by atoms with van der Waals surface area (Å²) in [7, 11) is 0. The lowest BCUT2D eigenvalue weighted by Gasteiger charge is -2.44. The highest BCUT2D eigenvalue weighted by molar-refractivity contribution is 6.20. The maximum absolute atomic E-state index is 12.8. The van der Waals surface area contributed by atoms with Gasteiger partial charge in [-0.2, -0.15) is 0 Å². The molecular formula is C32H55ClN6O5. The Hall–Kier alpha value is -1.34. The molecule has 44 heavy (non-hydrogen) atoms. The van der Waals surface area contributed by atoms with E-state index in [0.29, 0.717) is 50.8 Å². The van der Waals surface area contributed by atoms with E-state index in [1.54, 1.807) is 0 Å². The van der Waals surface area contributed by atoms with Gasteiger partial charge in [0, 0.05) is 42.6 Å². The number of aliphatic hydroxyl groups is 2. The topological polar surface area (TPSA) is 148 Å². The van der Waals surface area contributed by atoms with Gasteiger partial charge >= 0.3 is 0 Å². The highest BCUT2D eigenvalue weighted by Crippen LogP contribution is 2.42. The summed E-state index contributed by atoms with van der Waals surface area (Å²) in [5.41, 5.74) is 8.18. The number of nitrogens with zero attached hydrogens (tertiary/aromatic N) is 2. The molecular weight excluding hydrogens is 584 g/mol. The summed E-state index contributed by atoms with van der Waals surface area (Å²) in [5, 5.41) is 26.2. The summed E-state index contributed by atoms with van der Waals surface area (Å²) >= 11 is 6.52. The number of aliphatic hydroxyl groups excluding tert-OH is 2. The van der Waals surface area contributed by atoms with Gasteiger partial charge in [0.2, 0.25) is 11.8 Å². The van der Waals surface area contributed by atoms with E-state index in [1.165, 1.54) is 5.71 Å². The number of aliphatic imine (C=N–C) groups is 1. The van der Waals surface area contributed by atoms with Crippen LogP contribution in [0.2, 0.25) is 0 Å². The van der Waals surface area contributed by atoms with Gasteiger partial charge < -0.3 is 25.6 Å². The van der Waals surface area contributed by atoms with Crippen molar-refractivity contribution in [2.75, 3.05) is 13.2 Å². The summed E-state index contributed by atoms with van der Waals surface area (Å²) in [4.78, 5) is 33.3. The maximum atomic E-state index is 12.8. The Kier molecular flexibility index (Phi) is 12.3. The highest BCUT2D eigenvalue weighted by atomic mass is 35.5. The number of nitrogens with one attached hydrogen (secondary N) is 4. The average molecular weight is 639 g/mol. The molecule has 5 aliphatic rings. The van der Waals surface area contributed by atoms with E-state index >= 15 is 0 Å². The fourth-order valence-electron chi connectivity index (χ4n) is 8.29. The monoisotopic (exact) mass is 638 g/mol. The third-order valence-corrected chi connectivity index (χ3v) is 11.0. The van der Waals surface area contributed by atoms with Crippen LogP contribution < -0.4 is 21.5 Å². The van der Waals surface area contributed by atoms with Crippen molar-refractivity contribution >= 4 is 29.1 Å². The van der Waals surface area contributed by atoms with Crippen LogP contribution in [0, 0.1) is 11.8 Å². The first-order chi connectivity index (χ1) is 21.2. The number of amides is 2. The number of carbonyl (C=O) groups is 2. The molecule has 6 N–H and O–H groups in total. The van der Waals surface area contributed by atoms with E-state index in [4.69, 9.17) is 21.3 Å². The zero-order valence-electron chi connectivity index (χ0n) is 26.6. The smallest absolute Gasteiger partial charge is 0.222 e. The highest BCUT2D eigenvalue weighted by Gasteiger charge is 2.50. The molecule has 2 heterocycles. The Morgan fingerprint density at radius 1 is 1.05 bits per heavy atom. The number of ether oxygens (including phenoxy) is 1. The van der Waals surface area contributed by atoms with Gasteiger partial charge in [0.15, 0.2) is 0 Å². The number of unbranched alkanes of at least 4 members (excludes halogenated alkanes) is 1. The average Bonchev–Trinajstić information content (AvgIpc) is 3.32. The van der Waals surface area contributed by atoms with Crippen LogP contribution in [0.25, 0.3) is 0 Å². The summed E-state index contributed by atoms with van der Waals surface area (Å²) < 4.78 is 6.46. The van der Waals surface area contributed by atoms with Crippen molar-refractivity contribution in [2.24, 2.45) is 16.8 Å². The number of halogens is 1. The SMILES string of the molecule is CCNC(=O)C[C@@H]1N=C(C2CCC(Cl)CC2)C2CC(OCCCCC(=O)NC3CCCC(O)C3O)CCC2N2C(C)NNC12. The molecule has 0 aromatic heterocycles. The second kappa shape index (κ2) is 16.0. The van der Waals surface area contributed by atoms with Gasteiger partial charge in [-0.05, 0) is 96.8 Å². The first kappa shape index (κ1) is 34.0. The van der Waals surface area contributed by atoms with Crippen LogP contribution >= 0.6 is 11.6 Å². The van der Waals surface area contributed by atoms with Crippen molar-refractivity contribution in [3.63, 3.8) is 0 Å². The van der Waals surface area contributed by atoms with Gasteiger partial charge in [0.25, 0.3) is 0 Å². The second-order valence-electron chi connectivity index (χ2n) is 13.7. The van der Waals surface area contributed by atoms with Gasteiger partial charge in [-0.15, -0.1) is 11.6 Å². The number of hydrogen-bond acceptors (Lipinski definition) is 9. The first-order valence-electron chi connectivity index (χ1n) is 17.3. The standard InChI is InChI=1S/C32H55ClN6O5/c1-3-34-29(42)18-25-32-38-37-19(2)39(32)26-15-14-22(17-23(26)30(36-25)20-10-12-21(33)13-11-20)44-16-5-4-9-28(41)35-24-7-6-8-27(40)31(24)43/h19-27,31-32,37-38,40,43H,3-18H2,1-2H3,(H,34,42)(H,35,41)/t19?,20?,21?,22?,23?,24?,25-,26?,27?,31?,32?/m0/s1. The Labute approximate surface area is 267 Å². The van der Waals surface area contributed by atoms with Gasteiger partial charge in [0.05, 0.1) is 49.1 Å². The molecule has 1 saturated heterocycles. The van der Waals surface area contributed by atoms with Crippen LogP contribution in [-0.2, 0) is 14.3 Å². The molecule has 0 radical (unpaired) electrons. The molecule has 2 aliphatic heterocycles. The van der Waals surface area contributed by atoms with Gasteiger partial charge in [-0.3, -0.25) is 19.5 Å². The Balaban J connectivity index is 1.20. The molecule has 12 heteroatoms. The van der Waals surface area contributed by atoms with Gasteiger partial charge in [-0.1, -0.05) is 0 Å². The van der Waals surface area contributed by atoms with Crippen LogP contribution in [0.4, 0.5) is 0 Å². The molecule has 4 fully saturated rings. The molecule has 5 rings (SSSR count). The van der Waals surface area contributed by atoms with Crippen molar-refractivity contribution < 1.29 is 24.5 Å². The van der Waals surface area contributed by atoms with Crippen LogP contribution in [0.3, 0.4) is 0 Å². The molecule has 9 atom stereocenters. The molecule has 0 aromatic carbocycles. The molecule has 0 aromatic rings. The zero-order chi connectivity index (χ0) is 31.2. The van der Waals surface area contributed by atoms with Crippen molar-refractivity contribution in [3.8, 4) is 0 Å². The fourth-order valence-corrected chi connectivity index (χ4v) is 8.54. The summed E-state index contributed by atoms with van der Waals surface area (Å²) in [6, 6.07) is -0.213. The predicted octanol–water partition coefficient (Wildman–Crippen LogP) is 2.33. The summed E-state index contributed by atoms with van der Waals surface area (Å²) in [5.74, 6) is 0.616. The lowest BCUT2D eigenvalue weighted by molar-refractivity contribution is -0.124. The second-order valence-corrected chi connectivity index (χ2v) is 14.3. The number of carbonyl (C=O) groups excluding carboxylic acids is 2. The maximum Gasteiger partial charge on any atom is 0.222 e. The van der Waals surface area contributed by atoms with Crippen LogP contribution in [-0.4, -0.2) is 99.9 Å². The summed E-state index contributed by atoms with van der Waals surface area (Å²) in [6.45, 7) is 5.36. The van der Waals surface area contributed by atoms with Crippen molar-refractivity contribution in [1.82, 2.24) is 26.4 Å². The minimum absolute atomic E-state index is 0.0384. The van der Waals surface area contributed by atoms with E-state index in [2.05, 4.69) is 33.3 Å². The van der Waals surface area contributed by atoms with E-state index in [1.807, 2.05) is 6.92 Å². The lowest BCUT2D eigenvalue weighted by Crippen LogP contribution is -2.55. The third kappa shape index (κ3) is 8.32. The number of hydrazine groups is 1. The third-order valence-electron chi connectivity index (χ3n) is 10.6. The normalized spacial score (nSPS) is 39.5. The number of alkyl halides is 1. The van der Waals surface area contributed by atoms with E-state index in [-0.39, 0.29) is 53.6 Å². The molecule has 0 bridgehead atoms. The number of fused-ring (bicyclic) bond motifs is 3. The predicted molar refractivity (Wildman–Crippen MR) is 170 cm³/mol. The van der Waals surface area contributed by atoms with Crippen LogP contribution in [0.5, 0.6) is 0 Å². The molecule has 3 aliphatic carbocycles. The molecule has 250 valence electrons. The minimum atomic E-state index is -0.886. The van der Waals surface area contributed by atoms with E-state index in [0.717, 1.165) is 64.2 Å². The quantitative estimate of drug-likeness (QED) is 0.149. The zero-order valence-corrected chi connectivity index (χ0v) is 27.3. The van der Waals surface area contributed by atoms with E-state index < -0.39 is 12.2 Å². The Bertz CT molecular complexity index is 996. The Morgan fingerprint density at radius 3 is 2.61 bits per heavy atom. The van der Waals surface area contributed by atoms with Crippen molar-refractivity contribution in [3.05, 3.63) is 0 Å². The molecule has 2 amide bonds. The van der Waals surface area contributed by atoms with Crippen LogP contribution in [0.15, 0.2) is 4.99 Å².